The Morgan fingerprint density at radius 3 is 2.41 bits per heavy atom. The maximum Gasteiger partial charge on any atom is 0.326 e. The van der Waals surface area contributed by atoms with Crippen LogP contribution in [0.5, 0.6) is 0 Å². The Labute approximate surface area is 254 Å². The van der Waals surface area contributed by atoms with Gasteiger partial charge in [-0.05, 0) is 91.6 Å². The highest BCUT2D eigenvalue weighted by Crippen LogP contribution is 2.40. The van der Waals surface area contributed by atoms with E-state index in [0.29, 0.717) is 47.8 Å². The Balaban J connectivity index is 1.14. The lowest BCUT2D eigenvalue weighted by molar-refractivity contribution is -0.141. The van der Waals surface area contributed by atoms with Crippen LogP contribution in [-0.4, -0.2) is 55.3 Å². The molecule has 0 radical (unpaired) electrons. The van der Waals surface area contributed by atoms with Gasteiger partial charge in [0.25, 0.3) is 11.8 Å². The number of carbonyl (C=O) groups is 3. The lowest BCUT2D eigenvalue weighted by Crippen LogP contribution is -2.40. The van der Waals surface area contributed by atoms with E-state index >= 15 is 0 Å². The van der Waals surface area contributed by atoms with Crippen LogP contribution < -0.4 is 5.32 Å². The van der Waals surface area contributed by atoms with E-state index < -0.39 is 12.0 Å². The molecule has 1 aliphatic heterocycles. The van der Waals surface area contributed by atoms with Crippen LogP contribution in [0.4, 0.5) is 5.69 Å². The van der Waals surface area contributed by atoms with E-state index in [-0.39, 0.29) is 11.8 Å². The second-order valence-corrected chi connectivity index (χ2v) is 11.6. The normalized spacial score (nSPS) is 16.3. The predicted molar refractivity (Wildman–Crippen MR) is 168 cm³/mol. The number of hydrogen-bond donors (Lipinski definition) is 3. The zero-order valence-corrected chi connectivity index (χ0v) is 24.2. The fourth-order valence-corrected chi connectivity index (χ4v) is 6.08. The first-order chi connectivity index (χ1) is 21.4. The third kappa shape index (κ3) is 5.10. The molecule has 2 aromatic heterocycles. The molecule has 1 saturated carbocycles. The van der Waals surface area contributed by atoms with Crippen LogP contribution in [0.1, 0.15) is 63.4 Å². The fourth-order valence-electron chi connectivity index (χ4n) is 6.08. The zero-order valence-electron chi connectivity index (χ0n) is 24.2. The number of amides is 2. The zero-order chi connectivity index (χ0) is 30.4. The smallest absolute Gasteiger partial charge is 0.326 e. The molecule has 2 fully saturated rings. The first-order valence-corrected chi connectivity index (χ1v) is 14.9. The molecule has 1 unspecified atom stereocenters. The molecule has 1 atom stereocenters. The van der Waals surface area contributed by atoms with Crippen LogP contribution in [0.25, 0.3) is 33.5 Å². The summed E-state index contributed by atoms with van der Waals surface area (Å²) in [5.74, 6) is -0.760. The molecular formula is C35H31N5O4. The van der Waals surface area contributed by atoms with E-state index in [1.165, 1.54) is 29.6 Å². The molecule has 0 bridgehead atoms. The number of carboxylic acid groups (broad SMARTS) is 1. The van der Waals surface area contributed by atoms with Gasteiger partial charge in [0.2, 0.25) is 0 Å². The molecule has 9 heteroatoms. The Morgan fingerprint density at radius 2 is 1.68 bits per heavy atom. The molecule has 7 rings (SSSR count). The molecule has 1 aliphatic carbocycles. The lowest BCUT2D eigenvalue weighted by atomic mass is 10.0. The molecule has 3 N–H and O–H groups in total. The highest BCUT2D eigenvalue weighted by Gasteiger charge is 2.34. The number of benzene rings is 3. The minimum Gasteiger partial charge on any atom is -0.480 e. The number of rotatable bonds is 7. The highest BCUT2D eigenvalue weighted by molar-refractivity contribution is 6.05. The first kappa shape index (κ1) is 27.5. The monoisotopic (exact) mass is 585 g/mol. The first-order valence-electron chi connectivity index (χ1n) is 14.9. The standard InChI is InChI=1S/C35H31N5O4/c1-20-26(4-2-5-28(20)39-33(41)24-13-9-22(10-14-24)21-7-8-21)31-27-18-29(38-32(27)37-19-36-31)23-11-15-25(16-12-23)34(42)40-17-3-6-30(40)35(43)44/h2,4-5,9-16,18-19,21,30H,3,6-8,17H2,1H3,(H,39,41)(H,43,44)(H,36,37,38). The molecule has 5 aromatic rings. The molecule has 2 amide bonds. The van der Waals surface area contributed by atoms with Crippen molar-refractivity contribution in [1.82, 2.24) is 19.9 Å². The minimum absolute atomic E-state index is 0.158. The number of aromatic amines is 1. The molecule has 2 aliphatic rings. The third-order valence-corrected chi connectivity index (χ3v) is 8.73. The van der Waals surface area contributed by atoms with Gasteiger partial charge in [0.15, 0.2) is 0 Å². The molecule has 3 heterocycles. The van der Waals surface area contributed by atoms with Crippen molar-refractivity contribution < 1.29 is 19.5 Å². The van der Waals surface area contributed by atoms with Gasteiger partial charge >= 0.3 is 5.97 Å². The topological polar surface area (TPSA) is 128 Å². The van der Waals surface area contributed by atoms with Crippen LogP contribution >= 0.6 is 0 Å². The summed E-state index contributed by atoms with van der Waals surface area (Å²) >= 11 is 0. The van der Waals surface area contributed by atoms with E-state index in [4.69, 9.17) is 0 Å². The number of nitrogens with one attached hydrogen (secondary N) is 2. The number of hydrogen-bond acceptors (Lipinski definition) is 5. The van der Waals surface area contributed by atoms with Crippen LogP contribution in [0.2, 0.25) is 0 Å². The van der Waals surface area contributed by atoms with Crippen molar-refractivity contribution in [3.8, 4) is 22.5 Å². The van der Waals surface area contributed by atoms with Crippen molar-refractivity contribution in [1.29, 1.82) is 0 Å². The molecule has 3 aromatic carbocycles. The van der Waals surface area contributed by atoms with E-state index in [9.17, 15) is 19.5 Å². The Kier molecular flexibility index (Phi) is 6.93. The number of carboxylic acids is 1. The quantitative estimate of drug-likeness (QED) is 0.202. The van der Waals surface area contributed by atoms with Crippen molar-refractivity contribution >= 4 is 34.5 Å². The SMILES string of the molecule is Cc1c(NC(=O)c2ccc(C3CC3)cc2)cccc1-c1ncnc2[nH]c(-c3ccc(C(=O)N4CCCC4C(=O)O)cc3)cc12. The number of aromatic nitrogens is 3. The number of anilines is 1. The Bertz CT molecular complexity index is 1910. The summed E-state index contributed by atoms with van der Waals surface area (Å²) in [6.07, 6.45) is 5.11. The van der Waals surface area contributed by atoms with Gasteiger partial charge < -0.3 is 20.3 Å². The van der Waals surface area contributed by atoms with E-state index in [1.807, 2.05) is 67.6 Å². The van der Waals surface area contributed by atoms with Gasteiger partial charge in [0.1, 0.15) is 18.0 Å². The van der Waals surface area contributed by atoms with Crippen molar-refractivity contribution in [3.63, 3.8) is 0 Å². The highest BCUT2D eigenvalue weighted by atomic mass is 16.4. The van der Waals surface area contributed by atoms with Crippen molar-refractivity contribution in [2.75, 3.05) is 11.9 Å². The van der Waals surface area contributed by atoms with Gasteiger partial charge in [-0.25, -0.2) is 14.8 Å². The average molecular weight is 586 g/mol. The van der Waals surface area contributed by atoms with Gasteiger partial charge in [-0.2, -0.15) is 0 Å². The van der Waals surface area contributed by atoms with Crippen molar-refractivity contribution in [2.45, 2.75) is 44.6 Å². The summed E-state index contributed by atoms with van der Waals surface area (Å²) in [5.41, 5.74) is 7.90. The summed E-state index contributed by atoms with van der Waals surface area (Å²) in [7, 11) is 0. The van der Waals surface area contributed by atoms with Gasteiger partial charge in [0.05, 0.1) is 5.69 Å². The number of carbonyl (C=O) groups excluding carboxylic acids is 2. The second kappa shape index (κ2) is 11.1. The predicted octanol–water partition coefficient (Wildman–Crippen LogP) is 6.42. The molecule has 44 heavy (non-hydrogen) atoms. The number of fused-ring (bicyclic) bond motifs is 1. The summed E-state index contributed by atoms with van der Waals surface area (Å²) in [5, 5.41) is 13.4. The van der Waals surface area contributed by atoms with E-state index in [1.54, 1.807) is 12.1 Å². The van der Waals surface area contributed by atoms with Crippen LogP contribution in [-0.2, 0) is 4.79 Å². The van der Waals surface area contributed by atoms with Gasteiger partial charge in [0, 0.05) is 40.0 Å². The lowest BCUT2D eigenvalue weighted by Gasteiger charge is -2.21. The summed E-state index contributed by atoms with van der Waals surface area (Å²) in [6, 6.07) is 22.0. The van der Waals surface area contributed by atoms with Crippen LogP contribution in [0, 0.1) is 6.92 Å². The summed E-state index contributed by atoms with van der Waals surface area (Å²) < 4.78 is 0. The van der Waals surface area contributed by atoms with E-state index in [2.05, 4.69) is 20.3 Å². The number of H-pyrrole nitrogens is 1. The van der Waals surface area contributed by atoms with Gasteiger partial charge in [-0.1, -0.05) is 36.4 Å². The maximum absolute atomic E-state index is 13.1. The Hall–Kier alpha value is -5.31. The van der Waals surface area contributed by atoms with Crippen molar-refractivity contribution in [2.24, 2.45) is 0 Å². The van der Waals surface area contributed by atoms with Crippen LogP contribution in [0.15, 0.2) is 79.1 Å². The second-order valence-electron chi connectivity index (χ2n) is 11.6. The molecular weight excluding hydrogens is 554 g/mol. The molecule has 0 spiro atoms. The number of nitrogens with zero attached hydrogens (tertiary/aromatic N) is 3. The minimum atomic E-state index is -0.968. The number of aliphatic carboxylic acids is 1. The van der Waals surface area contributed by atoms with Crippen molar-refractivity contribution in [3.05, 3.63) is 101 Å². The summed E-state index contributed by atoms with van der Waals surface area (Å²) in [6.45, 7) is 2.41. The molecule has 220 valence electrons. The fraction of sp³-hybridized carbons (Fsp3) is 0.229. The largest absolute Gasteiger partial charge is 0.480 e. The third-order valence-electron chi connectivity index (χ3n) is 8.73. The molecule has 9 nitrogen and oxygen atoms in total. The maximum atomic E-state index is 13.1. The number of likely N-dealkylation sites (tertiary alicyclic amines) is 1. The van der Waals surface area contributed by atoms with Gasteiger partial charge in [-0.15, -0.1) is 0 Å². The Morgan fingerprint density at radius 1 is 0.932 bits per heavy atom. The van der Waals surface area contributed by atoms with E-state index in [0.717, 1.165) is 33.5 Å². The van der Waals surface area contributed by atoms with Gasteiger partial charge in [-0.3, -0.25) is 9.59 Å². The average Bonchev–Trinajstić information content (AvgIpc) is 3.59. The molecule has 1 saturated heterocycles. The summed E-state index contributed by atoms with van der Waals surface area (Å²) in [4.78, 5) is 51.5. The van der Waals surface area contributed by atoms with Crippen LogP contribution in [0.3, 0.4) is 0 Å².